The van der Waals surface area contributed by atoms with Crippen LogP contribution in [0, 0.1) is 6.92 Å². The Hall–Kier alpha value is -2.52. The topological polar surface area (TPSA) is 98.5 Å². The average Bonchev–Trinajstić information content (AvgIpc) is 3.29. The summed E-state index contributed by atoms with van der Waals surface area (Å²) in [5.41, 5.74) is 0. The molecule has 0 aliphatic rings. The fourth-order valence-corrected chi connectivity index (χ4v) is 3.12. The lowest BCUT2D eigenvalue weighted by molar-refractivity contribution is -0.907. The van der Waals surface area contributed by atoms with E-state index in [9.17, 15) is 4.79 Å². The molecule has 1 atom stereocenters. The van der Waals surface area contributed by atoms with Gasteiger partial charge >= 0.3 is 0 Å². The molecule has 1 unspecified atom stereocenters. The zero-order valence-corrected chi connectivity index (χ0v) is 14.9. The first-order valence-electron chi connectivity index (χ1n) is 8.07. The van der Waals surface area contributed by atoms with Gasteiger partial charge in [0.25, 0.3) is 17.7 Å². The summed E-state index contributed by atoms with van der Waals surface area (Å²) in [6.07, 6.45) is 0.942. The molecule has 25 heavy (non-hydrogen) atoms. The highest BCUT2D eigenvalue weighted by atomic mass is 32.1. The average molecular weight is 362 g/mol. The second kappa shape index (κ2) is 8.04. The fraction of sp³-hybridized carbons (Fsp3) is 0.375. The molecule has 0 aliphatic carbocycles. The first kappa shape index (κ1) is 17.3. The maximum Gasteiger partial charge on any atom is 0.280 e. The maximum atomic E-state index is 12.2. The number of amides is 1. The van der Waals surface area contributed by atoms with Crippen molar-refractivity contribution >= 4 is 23.1 Å². The second-order valence-corrected chi connectivity index (χ2v) is 6.65. The van der Waals surface area contributed by atoms with Gasteiger partial charge in [0, 0.05) is 6.07 Å². The molecule has 0 spiro atoms. The third-order valence-corrected chi connectivity index (χ3v) is 4.37. The molecule has 9 heteroatoms. The van der Waals surface area contributed by atoms with E-state index in [0.29, 0.717) is 29.9 Å². The number of quaternary nitrogens is 1. The van der Waals surface area contributed by atoms with Crippen LogP contribution in [0.1, 0.15) is 25.0 Å². The van der Waals surface area contributed by atoms with Crippen LogP contribution in [0.2, 0.25) is 0 Å². The number of aromatic nitrogens is 3. The van der Waals surface area contributed by atoms with Crippen molar-refractivity contribution < 1.29 is 18.6 Å². The predicted molar refractivity (Wildman–Crippen MR) is 92.2 cm³/mol. The molecule has 0 aliphatic heterocycles. The van der Waals surface area contributed by atoms with Crippen molar-refractivity contribution in [2.45, 2.75) is 26.8 Å². The molecule has 0 saturated carbocycles. The van der Waals surface area contributed by atoms with Crippen LogP contribution in [-0.4, -0.2) is 34.4 Å². The molecule has 0 radical (unpaired) electrons. The van der Waals surface area contributed by atoms with Crippen LogP contribution in [0.3, 0.4) is 0 Å². The first-order valence-corrected chi connectivity index (χ1v) is 8.95. The predicted octanol–water partition coefficient (Wildman–Crippen LogP) is 1.53. The van der Waals surface area contributed by atoms with Crippen LogP contribution in [-0.2, 0) is 11.3 Å². The molecule has 3 aromatic heterocycles. The van der Waals surface area contributed by atoms with Crippen molar-refractivity contribution in [1.82, 2.24) is 15.4 Å². The van der Waals surface area contributed by atoms with Gasteiger partial charge in [0.05, 0.1) is 11.4 Å². The highest BCUT2D eigenvalue weighted by Crippen LogP contribution is 2.22. The normalized spacial score (nSPS) is 12.2. The molecule has 3 heterocycles. The summed E-state index contributed by atoms with van der Waals surface area (Å²) in [5.74, 6) is 1.99. The summed E-state index contributed by atoms with van der Waals surface area (Å²) in [7, 11) is 0. The van der Waals surface area contributed by atoms with E-state index in [1.165, 1.54) is 0 Å². The van der Waals surface area contributed by atoms with E-state index in [0.717, 1.165) is 22.7 Å². The van der Waals surface area contributed by atoms with Gasteiger partial charge in [-0.25, -0.2) is 0 Å². The Balaban J connectivity index is 1.60. The highest BCUT2D eigenvalue weighted by Gasteiger charge is 2.19. The fourth-order valence-electron chi connectivity index (χ4n) is 2.47. The monoisotopic (exact) mass is 362 g/mol. The minimum atomic E-state index is -0.130. The van der Waals surface area contributed by atoms with Gasteiger partial charge in [-0.1, -0.05) is 18.1 Å². The van der Waals surface area contributed by atoms with Gasteiger partial charge in [0.1, 0.15) is 5.76 Å². The zero-order valence-electron chi connectivity index (χ0n) is 14.1. The van der Waals surface area contributed by atoms with Crippen LogP contribution in [0.25, 0.3) is 10.8 Å². The Labute approximate surface area is 148 Å². The lowest BCUT2D eigenvalue weighted by Crippen LogP contribution is -3.11. The third-order valence-electron chi connectivity index (χ3n) is 3.51. The number of nitrogens with one attached hydrogen (secondary N) is 2. The van der Waals surface area contributed by atoms with Crippen molar-refractivity contribution in [2.24, 2.45) is 0 Å². The second-order valence-electron chi connectivity index (χ2n) is 5.70. The van der Waals surface area contributed by atoms with Crippen molar-refractivity contribution in [3.8, 4) is 10.8 Å². The smallest absolute Gasteiger partial charge is 0.280 e. The molecule has 0 aromatic carbocycles. The largest absolute Gasteiger partial charge is 0.414 e. The van der Waals surface area contributed by atoms with Crippen LogP contribution in [0.5, 0.6) is 0 Å². The molecule has 0 fully saturated rings. The Morgan fingerprint density at radius 3 is 2.96 bits per heavy atom. The van der Waals surface area contributed by atoms with Crippen LogP contribution in [0.4, 0.5) is 5.82 Å². The summed E-state index contributed by atoms with van der Waals surface area (Å²) in [5, 5.41) is 16.6. The molecular formula is C16H20N5O3S+. The molecule has 2 N–H and O–H groups in total. The van der Waals surface area contributed by atoms with Gasteiger partial charge in [-0.3, -0.25) is 4.79 Å². The summed E-state index contributed by atoms with van der Waals surface area (Å²) < 4.78 is 10.7. The number of aryl methyl sites for hydroxylation is 1. The van der Waals surface area contributed by atoms with Gasteiger partial charge in [-0.05, 0) is 24.8 Å². The molecule has 1 amide bonds. The number of carbonyl (C=O) groups is 1. The lowest BCUT2D eigenvalue weighted by atomic mass is 10.3. The molecular weight excluding hydrogens is 342 g/mol. The molecule has 132 valence electrons. The Morgan fingerprint density at radius 1 is 1.40 bits per heavy atom. The number of thiophene rings is 1. The molecule has 3 rings (SSSR count). The minimum absolute atomic E-state index is 0.130. The van der Waals surface area contributed by atoms with E-state index in [1.807, 2.05) is 17.5 Å². The zero-order chi connectivity index (χ0) is 17.6. The number of hydrogen-bond donors (Lipinski definition) is 2. The van der Waals surface area contributed by atoms with E-state index in [4.69, 9.17) is 8.94 Å². The van der Waals surface area contributed by atoms with Crippen molar-refractivity contribution in [3.05, 3.63) is 35.2 Å². The number of anilines is 1. The van der Waals surface area contributed by atoms with Crippen LogP contribution < -0.4 is 10.2 Å². The Morgan fingerprint density at radius 2 is 2.28 bits per heavy atom. The van der Waals surface area contributed by atoms with Gasteiger partial charge in [0.15, 0.2) is 18.9 Å². The summed E-state index contributed by atoms with van der Waals surface area (Å²) in [6.45, 7) is 5.46. The maximum absolute atomic E-state index is 12.2. The van der Waals surface area contributed by atoms with Gasteiger partial charge in [-0.2, -0.15) is 0 Å². The molecule has 0 saturated heterocycles. The Bertz CT molecular complexity index is 811. The lowest BCUT2D eigenvalue weighted by Gasteiger charge is -2.15. The van der Waals surface area contributed by atoms with Crippen molar-refractivity contribution in [2.75, 3.05) is 18.4 Å². The quantitative estimate of drug-likeness (QED) is 0.630. The van der Waals surface area contributed by atoms with E-state index < -0.39 is 0 Å². The van der Waals surface area contributed by atoms with Crippen LogP contribution >= 0.6 is 11.3 Å². The standard InChI is InChI=1S/C16H19N5O3S/c1-3-6-21(9-14(22)17-13-8-11(2)24-20-13)10-15-18-19-16(23-15)12-5-4-7-25-12/h4-5,7-8H,3,6,9-10H2,1-2H3,(H,17,20,22)/p+1. The van der Waals surface area contributed by atoms with Gasteiger partial charge in [-0.15, -0.1) is 21.5 Å². The Kier molecular flexibility index (Phi) is 5.56. The minimum Gasteiger partial charge on any atom is -0.414 e. The van der Waals surface area contributed by atoms with E-state index in [-0.39, 0.29) is 12.5 Å². The molecule has 0 bridgehead atoms. The van der Waals surface area contributed by atoms with Gasteiger partial charge in [0.2, 0.25) is 0 Å². The summed E-state index contributed by atoms with van der Waals surface area (Å²) in [4.78, 5) is 14.2. The van der Waals surface area contributed by atoms with E-state index >= 15 is 0 Å². The number of carbonyl (C=O) groups excluding carboxylic acids is 1. The van der Waals surface area contributed by atoms with Crippen LogP contribution in [0.15, 0.2) is 32.5 Å². The summed E-state index contributed by atoms with van der Waals surface area (Å²) in [6, 6.07) is 5.56. The molecule has 3 aromatic rings. The SMILES string of the molecule is CCC[NH+](CC(=O)Nc1cc(C)on1)Cc1nnc(-c2cccs2)o1. The summed E-state index contributed by atoms with van der Waals surface area (Å²) >= 11 is 1.55. The highest BCUT2D eigenvalue weighted by molar-refractivity contribution is 7.13. The van der Waals surface area contributed by atoms with E-state index in [1.54, 1.807) is 24.3 Å². The van der Waals surface area contributed by atoms with E-state index in [2.05, 4.69) is 27.6 Å². The molecule has 8 nitrogen and oxygen atoms in total. The van der Waals surface area contributed by atoms with Crippen molar-refractivity contribution in [3.63, 3.8) is 0 Å². The first-order chi connectivity index (χ1) is 12.1. The number of hydrogen-bond acceptors (Lipinski definition) is 7. The van der Waals surface area contributed by atoms with Crippen molar-refractivity contribution in [1.29, 1.82) is 0 Å². The van der Waals surface area contributed by atoms with Gasteiger partial charge < -0.3 is 19.2 Å². The number of nitrogens with zero attached hydrogens (tertiary/aromatic N) is 3. The third kappa shape index (κ3) is 4.74. The number of rotatable bonds is 8.